The molecule has 6 heteroatoms. The van der Waals surface area contributed by atoms with E-state index >= 15 is 0 Å². The zero-order valence-electron chi connectivity index (χ0n) is 10.4. The average Bonchev–Trinajstić information content (AvgIpc) is 2.62. The van der Waals surface area contributed by atoms with Crippen LogP contribution in [0, 0.1) is 0 Å². The molecule has 1 aliphatic heterocycles. The van der Waals surface area contributed by atoms with Gasteiger partial charge in [-0.2, -0.15) is 0 Å². The fourth-order valence-electron chi connectivity index (χ4n) is 2.33. The second kappa shape index (κ2) is 6.57. The topological polar surface area (TPSA) is 52.6 Å². The minimum Gasteiger partial charge on any atom is -0.480 e. The van der Waals surface area contributed by atoms with Crippen LogP contribution in [0.4, 0.5) is 0 Å². The van der Waals surface area contributed by atoms with Gasteiger partial charge < -0.3 is 10.4 Å². The summed E-state index contributed by atoms with van der Waals surface area (Å²) in [6, 6.07) is 4.20. The van der Waals surface area contributed by atoms with Gasteiger partial charge in [0.1, 0.15) is 6.04 Å². The Hall–Kier alpha value is -0.810. The second-order valence-corrected chi connectivity index (χ2v) is 5.39. The molecule has 2 rings (SSSR count). The van der Waals surface area contributed by atoms with Gasteiger partial charge in [-0.05, 0) is 31.2 Å². The van der Waals surface area contributed by atoms with Crippen molar-refractivity contribution >= 4 is 29.2 Å². The number of rotatable bonds is 3. The number of nitrogens with one attached hydrogen (secondary N) is 1. The van der Waals surface area contributed by atoms with Gasteiger partial charge in [-0.25, -0.2) is 0 Å². The molecule has 104 valence electrons. The van der Waals surface area contributed by atoms with Crippen molar-refractivity contribution in [3.63, 3.8) is 0 Å². The van der Waals surface area contributed by atoms with E-state index < -0.39 is 12.0 Å². The Morgan fingerprint density at radius 2 is 2.11 bits per heavy atom. The van der Waals surface area contributed by atoms with Crippen molar-refractivity contribution in [3.05, 3.63) is 33.8 Å². The zero-order chi connectivity index (χ0) is 13.8. The molecule has 0 spiro atoms. The number of carboxylic acids is 1. The molecular weight excluding hydrogens is 287 g/mol. The molecule has 1 aliphatic rings. The van der Waals surface area contributed by atoms with Gasteiger partial charge in [-0.3, -0.25) is 9.69 Å². The Kier molecular flexibility index (Phi) is 5.05. The first-order valence-corrected chi connectivity index (χ1v) is 6.97. The molecule has 0 aromatic heterocycles. The van der Waals surface area contributed by atoms with Gasteiger partial charge in [-0.1, -0.05) is 23.2 Å². The SMILES string of the molecule is O=C(O)C(c1cc(Cl)ccc1Cl)N1CCCNCC1. The lowest BCUT2D eigenvalue weighted by molar-refractivity contribution is -0.143. The van der Waals surface area contributed by atoms with E-state index in [1.54, 1.807) is 18.2 Å². The highest BCUT2D eigenvalue weighted by atomic mass is 35.5. The molecule has 0 saturated carbocycles. The van der Waals surface area contributed by atoms with Crippen molar-refractivity contribution in [1.82, 2.24) is 10.2 Å². The number of carbonyl (C=O) groups is 1. The summed E-state index contributed by atoms with van der Waals surface area (Å²) in [5.41, 5.74) is 0.559. The molecule has 0 amide bonds. The number of nitrogens with zero attached hydrogens (tertiary/aromatic N) is 1. The molecule has 1 aromatic rings. The van der Waals surface area contributed by atoms with Crippen LogP contribution in [0.5, 0.6) is 0 Å². The summed E-state index contributed by atoms with van der Waals surface area (Å²) in [5, 5.41) is 13.7. The van der Waals surface area contributed by atoms with Crippen molar-refractivity contribution in [3.8, 4) is 0 Å². The van der Waals surface area contributed by atoms with E-state index in [9.17, 15) is 9.90 Å². The smallest absolute Gasteiger partial charge is 0.325 e. The van der Waals surface area contributed by atoms with Gasteiger partial charge in [0.15, 0.2) is 0 Å². The Labute approximate surface area is 122 Å². The van der Waals surface area contributed by atoms with Gasteiger partial charge >= 0.3 is 5.97 Å². The summed E-state index contributed by atoms with van der Waals surface area (Å²) in [7, 11) is 0. The summed E-state index contributed by atoms with van der Waals surface area (Å²) in [4.78, 5) is 13.5. The minimum absolute atomic E-state index is 0.439. The standard InChI is InChI=1S/C13H16Cl2N2O2/c14-9-2-3-11(15)10(8-9)12(13(18)19)17-6-1-4-16-5-7-17/h2-3,8,12,16H,1,4-7H2,(H,18,19). The Morgan fingerprint density at radius 3 is 2.84 bits per heavy atom. The Balaban J connectivity index is 2.33. The Bertz CT molecular complexity index is 460. The third-order valence-corrected chi connectivity index (χ3v) is 3.81. The summed E-state index contributed by atoms with van der Waals surface area (Å²) in [6.45, 7) is 3.10. The summed E-state index contributed by atoms with van der Waals surface area (Å²) in [5.74, 6) is -0.897. The molecule has 0 aliphatic carbocycles. The molecular formula is C13H16Cl2N2O2. The van der Waals surface area contributed by atoms with Crippen LogP contribution >= 0.6 is 23.2 Å². The van der Waals surface area contributed by atoms with Crippen LogP contribution in [0.2, 0.25) is 10.0 Å². The number of carboxylic acid groups (broad SMARTS) is 1. The molecule has 1 atom stereocenters. The van der Waals surface area contributed by atoms with E-state index in [1.807, 2.05) is 4.90 Å². The van der Waals surface area contributed by atoms with Crippen LogP contribution in [0.25, 0.3) is 0 Å². The molecule has 4 nitrogen and oxygen atoms in total. The predicted molar refractivity (Wildman–Crippen MR) is 75.9 cm³/mol. The first kappa shape index (κ1) is 14.6. The van der Waals surface area contributed by atoms with Crippen LogP contribution in [-0.2, 0) is 4.79 Å². The van der Waals surface area contributed by atoms with Gasteiger partial charge in [0.25, 0.3) is 0 Å². The lowest BCUT2D eigenvalue weighted by atomic mass is 10.0. The largest absolute Gasteiger partial charge is 0.480 e. The lowest BCUT2D eigenvalue weighted by Gasteiger charge is -2.28. The van der Waals surface area contributed by atoms with Crippen LogP contribution in [0.1, 0.15) is 18.0 Å². The number of halogens is 2. The number of hydrogen-bond acceptors (Lipinski definition) is 3. The monoisotopic (exact) mass is 302 g/mol. The predicted octanol–water partition coefficient (Wildman–Crippen LogP) is 2.41. The first-order chi connectivity index (χ1) is 9.09. The second-order valence-electron chi connectivity index (χ2n) is 4.55. The third kappa shape index (κ3) is 3.60. The lowest BCUT2D eigenvalue weighted by Crippen LogP contribution is -2.36. The summed E-state index contributed by atoms with van der Waals surface area (Å²) >= 11 is 12.1. The number of hydrogen-bond donors (Lipinski definition) is 2. The normalized spacial score (nSPS) is 18.8. The number of benzene rings is 1. The van der Waals surface area contributed by atoms with Crippen molar-refractivity contribution in [2.75, 3.05) is 26.2 Å². The molecule has 0 bridgehead atoms. The molecule has 1 unspecified atom stereocenters. The van der Waals surface area contributed by atoms with Crippen LogP contribution in [-0.4, -0.2) is 42.2 Å². The van der Waals surface area contributed by atoms with Crippen LogP contribution in [0.3, 0.4) is 0 Å². The minimum atomic E-state index is -0.897. The van der Waals surface area contributed by atoms with E-state index in [-0.39, 0.29) is 0 Å². The molecule has 1 fully saturated rings. The van der Waals surface area contributed by atoms with E-state index in [0.29, 0.717) is 22.2 Å². The van der Waals surface area contributed by atoms with Gasteiger partial charge in [0.05, 0.1) is 0 Å². The number of aliphatic carboxylic acids is 1. The summed E-state index contributed by atoms with van der Waals surface area (Å²) < 4.78 is 0. The van der Waals surface area contributed by atoms with Crippen molar-refractivity contribution in [2.24, 2.45) is 0 Å². The van der Waals surface area contributed by atoms with Crippen molar-refractivity contribution in [2.45, 2.75) is 12.5 Å². The van der Waals surface area contributed by atoms with E-state index in [0.717, 1.165) is 26.1 Å². The molecule has 1 heterocycles. The fourth-order valence-corrected chi connectivity index (χ4v) is 2.74. The fraction of sp³-hybridized carbons (Fsp3) is 0.462. The first-order valence-electron chi connectivity index (χ1n) is 6.22. The van der Waals surface area contributed by atoms with E-state index in [2.05, 4.69) is 5.32 Å². The van der Waals surface area contributed by atoms with Crippen LogP contribution in [0.15, 0.2) is 18.2 Å². The quantitative estimate of drug-likeness (QED) is 0.900. The van der Waals surface area contributed by atoms with E-state index in [4.69, 9.17) is 23.2 Å². The molecule has 19 heavy (non-hydrogen) atoms. The maximum atomic E-state index is 11.6. The van der Waals surface area contributed by atoms with Gasteiger partial charge in [0.2, 0.25) is 0 Å². The van der Waals surface area contributed by atoms with E-state index in [1.165, 1.54) is 0 Å². The highest BCUT2D eigenvalue weighted by Crippen LogP contribution is 2.30. The van der Waals surface area contributed by atoms with Gasteiger partial charge in [0, 0.05) is 35.2 Å². The maximum Gasteiger partial charge on any atom is 0.325 e. The molecule has 0 radical (unpaired) electrons. The maximum absolute atomic E-state index is 11.6. The average molecular weight is 303 g/mol. The molecule has 2 N–H and O–H groups in total. The third-order valence-electron chi connectivity index (χ3n) is 3.23. The highest BCUT2D eigenvalue weighted by molar-refractivity contribution is 6.33. The van der Waals surface area contributed by atoms with Crippen molar-refractivity contribution < 1.29 is 9.90 Å². The summed E-state index contributed by atoms with van der Waals surface area (Å²) in [6.07, 6.45) is 0.919. The van der Waals surface area contributed by atoms with Crippen molar-refractivity contribution in [1.29, 1.82) is 0 Å². The molecule has 1 saturated heterocycles. The Morgan fingerprint density at radius 1 is 1.32 bits per heavy atom. The zero-order valence-corrected chi connectivity index (χ0v) is 11.9. The molecule has 1 aromatic carbocycles. The van der Waals surface area contributed by atoms with Gasteiger partial charge in [-0.15, -0.1) is 0 Å². The highest BCUT2D eigenvalue weighted by Gasteiger charge is 2.29. The van der Waals surface area contributed by atoms with Crippen LogP contribution < -0.4 is 5.32 Å².